The van der Waals surface area contributed by atoms with Crippen LogP contribution in [0.3, 0.4) is 0 Å². The molecule has 0 aliphatic rings. The highest BCUT2D eigenvalue weighted by molar-refractivity contribution is 5.91. The smallest absolute Gasteiger partial charge is 0.358 e. The van der Waals surface area contributed by atoms with Crippen molar-refractivity contribution < 1.29 is 19.1 Å². The van der Waals surface area contributed by atoms with Gasteiger partial charge in [0.25, 0.3) is 0 Å². The zero-order valence-corrected chi connectivity index (χ0v) is 12.5. The summed E-state index contributed by atoms with van der Waals surface area (Å²) in [5.74, 6) is 0.00771. The summed E-state index contributed by atoms with van der Waals surface area (Å²) < 4.78 is 12.4. The lowest BCUT2D eigenvalue weighted by molar-refractivity contribution is 0.0691. The number of carboxylic acids is 1. The molecule has 1 N–H and O–H groups in total. The van der Waals surface area contributed by atoms with E-state index in [-0.39, 0.29) is 5.69 Å². The Morgan fingerprint density at radius 2 is 2.22 bits per heavy atom. The van der Waals surface area contributed by atoms with E-state index in [1.54, 1.807) is 12.1 Å². The van der Waals surface area contributed by atoms with Gasteiger partial charge in [-0.3, -0.25) is 0 Å². The van der Waals surface area contributed by atoms with Gasteiger partial charge in [-0.15, -0.1) is 5.10 Å². The fourth-order valence-electron chi connectivity index (χ4n) is 2.23. The molecule has 0 spiro atoms. The molecule has 0 saturated carbocycles. The van der Waals surface area contributed by atoms with E-state index in [0.717, 1.165) is 11.3 Å². The molecular formula is C16H15N3O4. The molecule has 7 nitrogen and oxygen atoms in total. The lowest BCUT2D eigenvalue weighted by Gasteiger charge is -2.08. The second kappa shape index (κ2) is 6.35. The van der Waals surface area contributed by atoms with Crippen LogP contribution in [0.2, 0.25) is 0 Å². The minimum Gasteiger partial charge on any atom is -0.492 e. The Kier molecular flexibility index (Phi) is 4.09. The van der Waals surface area contributed by atoms with Gasteiger partial charge < -0.3 is 14.3 Å². The van der Waals surface area contributed by atoms with Gasteiger partial charge in [-0.2, -0.15) is 0 Å². The van der Waals surface area contributed by atoms with E-state index in [1.807, 2.05) is 31.2 Å². The van der Waals surface area contributed by atoms with Gasteiger partial charge in [0.1, 0.15) is 18.1 Å². The number of aromatic nitrogens is 3. The summed E-state index contributed by atoms with van der Waals surface area (Å²) >= 11 is 0. The van der Waals surface area contributed by atoms with Crippen LogP contribution in [0.4, 0.5) is 0 Å². The molecule has 0 aliphatic carbocycles. The van der Waals surface area contributed by atoms with E-state index in [9.17, 15) is 9.90 Å². The van der Waals surface area contributed by atoms with Crippen LogP contribution in [0.1, 0.15) is 16.1 Å². The van der Waals surface area contributed by atoms with Crippen molar-refractivity contribution in [1.29, 1.82) is 0 Å². The van der Waals surface area contributed by atoms with Crippen molar-refractivity contribution in [2.45, 2.75) is 13.5 Å². The lowest BCUT2D eigenvalue weighted by atomic mass is 10.2. The largest absolute Gasteiger partial charge is 0.492 e. The average molecular weight is 313 g/mol. The third-order valence-corrected chi connectivity index (χ3v) is 3.25. The van der Waals surface area contributed by atoms with Crippen molar-refractivity contribution in [3.8, 4) is 17.2 Å². The summed E-state index contributed by atoms with van der Waals surface area (Å²) in [5, 5.41) is 16.8. The van der Waals surface area contributed by atoms with Crippen LogP contribution in [-0.2, 0) is 6.54 Å². The van der Waals surface area contributed by atoms with Crippen molar-refractivity contribution in [1.82, 2.24) is 15.0 Å². The van der Waals surface area contributed by atoms with Crippen LogP contribution in [0.25, 0.3) is 11.5 Å². The molecule has 0 unspecified atom stereocenters. The van der Waals surface area contributed by atoms with Crippen molar-refractivity contribution in [2.75, 3.05) is 6.61 Å². The molecule has 23 heavy (non-hydrogen) atoms. The van der Waals surface area contributed by atoms with Crippen LogP contribution < -0.4 is 4.74 Å². The van der Waals surface area contributed by atoms with Gasteiger partial charge in [0.05, 0.1) is 12.8 Å². The van der Waals surface area contributed by atoms with E-state index in [0.29, 0.717) is 24.6 Å². The third-order valence-electron chi connectivity index (χ3n) is 3.25. The van der Waals surface area contributed by atoms with Gasteiger partial charge in [-0.05, 0) is 36.8 Å². The van der Waals surface area contributed by atoms with E-state index >= 15 is 0 Å². The fourth-order valence-corrected chi connectivity index (χ4v) is 2.23. The Hall–Kier alpha value is -3.09. The molecule has 0 atom stereocenters. The molecule has 2 aromatic heterocycles. The normalized spacial score (nSPS) is 10.7. The first kappa shape index (κ1) is 14.8. The molecular weight excluding hydrogens is 298 g/mol. The molecule has 0 saturated heterocycles. The van der Waals surface area contributed by atoms with Crippen molar-refractivity contribution in [3.63, 3.8) is 0 Å². The predicted molar refractivity (Wildman–Crippen MR) is 81.4 cm³/mol. The van der Waals surface area contributed by atoms with Crippen molar-refractivity contribution in [2.24, 2.45) is 0 Å². The topological polar surface area (TPSA) is 90.4 Å². The zero-order chi connectivity index (χ0) is 16.2. The molecule has 7 heteroatoms. The Morgan fingerprint density at radius 3 is 2.91 bits per heavy atom. The first-order valence-electron chi connectivity index (χ1n) is 7.05. The number of aromatic carboxylic acids is 1. The molecule has 0 amide bonds. The Labute approximate surface area is 132 Å². The molecule has 0 aliphatic heterocycles. The van der Waals surface area contributed by atoms with Crippen LogP contribution in [0, 0.1) is 6.92 Å². The minimum absolute atomic E-state index is 0.143. The number of aryl methyl sites for hydroxylation is 1. The monoisotopic (exact) mass is 313 g/mol. The maximum absolute atomic E-state index is 11.3. The van der Waals surface area contributed by atoms with E-state index in [4.69, 9.17) is 9.15 Å². The molecule has 0 fully saturated rings. The van der Waals surface area contributed by atoms with Crippen molar-refractivity contribution >= 4 is 5.97 Å². The Balaban J connectivity index is 1.77. The third kappa shape index (κ3) is 3.23. The van der Waals surface area contributed by atoms with Gasteiger partial charge in [0, 0.05) is 0 Å². The number of carbonyl (C=O) groups is 1. The number of rotatable bonds is 6. The van der Waals surface area contributed by atoms with E-state index < -0.39 is 5.97 Å². The second-order valence-electron chi connectivity index (χ2n) is 4.96. The number of hydrogen-bond acceptors (Lipinski definition) is 5. The predicted octanol–water partition coefficient (Wildman–Crippen LogP) is 2.62. The molecule has 2 heterocycles. The summed E-state index contributed by atoms with van der Waals surface area (Å²) in [6.45, 7) is 2.67. The van der Waals surface area contributed by atoms with Gasteiger partial charge >= 0.3 is 5.97 Å². The Bertz CT molecular complexity index is 809. The number of ether oxygens (including phenoxy) is 1. The lowest BCUT2D eigenvalue weighted by Crippen LogP contribution is -2.11. The van der Waals surface area contributed by atoms with Crippen molar-refractivity contribution in [3.05, 3.63) is 53.9 Å². The molecule has 0 radical (unpaired) electrons. The Morgan fingerprint density at radius 1 is 1.35 bits per heavy atom. The fraction of sp³-hybridized carbons (Fsp3) is 0.188. The molecule has 0 bridgehead atoms. The van der Waals surface area contributed by atoms with E-state index in [1.165, 1.54) is 10.9 Å². The first-order chi connectivity index (χ1) is 11.1. The number of furan rings is 1. The number of carboxylic acid groups (broad SMARTS) is 1. The molecule has 1 aromatic carbocycles. The van der Waals surface area contributed by atoms with Crippen LogP contribution >= 0.6 is 0 Å². The molecule has 3 rings (SSSR count). The number of benzene rings is 1. The van der Waals surface area contributed by atoms with Gasteiger partial charge in [-0.1, -0.05) is 17.3 Å². The molecule has 118 valence electrons. The standard InChI is InChI=1S/C16H15N3O4/c1-11-4-2-5-12(10-11)22-9-7-19-15(13-6-3-8-23-13)14(16(20)21)17-18-19/h2-6,8,10H,7,9H2,1H3,(H,20,21). The van der Waals surface area contributed by atoms with E-state index in [2.05, 4.69) is 10.3 Å². The van der Waals surface area contributed by atoms with Crippen LogP contribution in [0.15, 0.2) is 47.1 Å². The SMILES string of the molecule is Cc1cccc(OCCn2nnc(C(=O)O)c2-c2ccco2)c1. The van der Waals surface area contributed by atoms with Crippen LogP contribution in [0.5, 0.6) is 5.75 Å². The summed E-state index contributed by atoms with van der Waals surface area (Å²) in [7, 11) is 0. The maximum atomic E-state index is 11.3. The minimum atomic E-state index is -1.15. The van der Waals surface area contributed by atoms with Gasteiger partial charge in [0.2, 0.25) is 5.69 Å². The summed E-state index contributed by atoms with van der Waals surface area (Å²) in [4.78, 5) is 11.3. The second-order valence-corrected chi connectivity index (χ2v) is 4.96. The highest BCUT2D eigenvalue weighted by atomic mass is 16.5. The summed E-state index contributed by atoms with van der Waals surface area (Å²) in [6, 6.07) is 11.0. The highest BCUT2D eigenvalue weighted by Crippen LogP contribution is 2.23. The summed E-state index contributed by atoms with van der Waals surface area (Å²) in [5.41, 5.74) is 1.29. The maximum Gasteiger partial charge on any atom is 0.358 e. The molecule has 3 aromatic rings. The number of nitrogens with zero attached hydrogens (tertiary/aromatic N) is 3. The van der Waals surface area contributed by atoms with Gasteiger partial charge in [-0.25, -0.2) is 9.48 Å². The average Bonchev–Trinajstić information content (AvgIpc) is 3.15. The quantitative estimate of drug-likeness (QED) is 0.752. The number of hydrogen-bond donors (Lipinski definition) is 1. The zero-order valence-electron chi connectivity index (χ0n) is 12.5. The highest BCUT2D eigenvalue weighted by Gasteiger charge is 2.22. The van der Waals surface area contributed by atoms with Crippen LogP contribution in [-0.4, -0.2) is 32.7 Å². The first-order valence-corrected chi connectivity index (χ1v) is 7.05. The summed E-state index contributed by atoms with van der Waals surface area (Å²) in [6.07, 6.45) is 1.47. The van der Waals surface area contributed by atoms with Gasteiger partial charge in [0.15, 0.2) is 5.76 Å².